The average Bonchev–Trinajstić information content (AvgIpc) is 2.16. The van der Waals surface area contributed by atoms with Gasteiger partial charge in [-0.05, 0) is 13.8 Å². The molecule has 15 heavy (non-hydrogen) atoms. The summed E-state index contributed by atoms with van der Waals surface area (Å²) >= 11 is 0. The van der Waals surface area contributed by atoms with Crippen molar-refractivity contribution in [2.45, 2.75) is 13.8 Å². The minimum absolute atomic E-state index is 0.0859. The highest BCUT2D eigenvalue weighted by molar-refractivity contribution is 7.54. The molecule has 0 fully saturated rings. The first-order chi connectivity index (χ1) is 6.99. The van der Waals surface area contributed by atoms with E-state index in [1.807, 2.05) is 0 Å². The fourth-order valence-corrected chi connectivity index (χ4v) is 2.61. The maximum absolute atomic E-state index is 11.9. The van der Waals surface area contributed by atoms with Gasteiger partial charge in [0, 0.05) is 5.57 Å². The van der Waals surface area contributed by atoms with Crippen LogP contribution in [0.3, 0.4) is 0 Å². The van der Waals surface area contributed by atoms with Crippen LogP contribution in [0.1, 0.15) is 13.8 Å². The van der Waals surface area contributed by atoms with Crippen LogP contribution in [-0.2, 0) is 23.1 Å². The lowest BCUT2D eigenvalue weighted by Crippen LogP contribution is -2.10. The van der Waals surface area contributed by atoms with Crippen LogP contribution >= 0.6 is 7.60 Å². The summed E-state index contributed by atoms with van der Waals surface area (Å²) in [5, 5.41) is 0. The molecule has 5 nitrogen and oxygen atoms in total. The van der Waals surface area contributed by atoms with Gasteiger partial charge in [-0.3, -0.25) is 4.57 Å². The number of methoxy groups -OCH3 is 1. The number of rotatable bonds is 7. The molecule has 0 rings (SSSR count). The number of hydrogen-bond donors (Lipinski definition) is 0. The zero-order valence-corrected chi connectivity index (χ0v) is 10.2. The monoisotopic (exact) mass is 236 g/mol. The summed E-state index contributed by atoms with van der Waals surface area (Å²) in [6, 6.07) is 0. The van der Waals surface area contributed by atoms with Crippen molar-refractivity contribution in [1.29, 1.82) is 0 Å². The van der Waals surface area contributed by atoms with Gasteiger partial charge in [0.05, 0.1) is 26.5 Å². The number of ether oxygens (including phenoxy) is 1. The Labute approximate surface area is 89.9 Å². The van der Waals surface area contributed by atoms with Crippen molar-refractivity contribution in [2.24, 2.45) is 0 Å². The van der Waals surface area contributed by atoms with E-state index in [1.165, 1.54) is 7.11 Å². The Morgan fingerprint density at radius 1 is 1.27 bits per heavy atom. The van der Waals surface area contributed by atoms with Crippen molar-refractivity contribution in [3.05, 3.63) is 12.2 Å². The Kier molecular flexibility index (Phi) is 6.48. The van der Waals surface area contributed by atoms with Crippen LogP contribution in [0.2, 0.25) is 0 Å². The molecule has 0 atom stereocenters. The van der Waals surface area contributed by atoms with Crippen LogP contribution in [0.15, 0.2) is 12.2 Å². The topological polar surface area (TPSA) is 61.8 Å². The molecule has 0 aliphatic rings. The Hall–Kier alpha value is -0.640. The summed E-state index contributed by atoms with van der Waals surface area (Å²) < 4.78 is 26.4. The summed E-state index contributed by atoms with van der Waals surface area (Å²) in [5.41, 5.74) is 0.0859. The predicted octanol–water partition coefficient (Wildman–Crippen LogP) is 1.98. The SMILES string of the molecule is C=C(CP(=O)(OCC)OCC)C(=O)OC. The third-order valence-corrected chi connectivity index (χ3v) is 3.58. The van der Waals surface area contributed by atoms with E-state index in [0.29, 0.717) is 0 Å². The highest BCUT2D eigenvalue weighted by Gasteiger charge is 2.27. The quantitative estimate of drug-likeness (QED) is 0.384. The second-order valence-electron chi connectivity index (χ2n) is 2.70. The van der Waals surface area contributed by atoms with Gasteiger partial charge in [0.15, 0.2) is 0 Å². The second-order valence-corrected chi connectivity index (χ2v) is 4.75. The Morgan fingerprint density at radius 3 is 2.07 bits per heavy atom. The van der Waals surface area contributed by atoms with Gasteiger partial charge in [-0.1, -0.05) is 6.58 Å². The van der Waals surface area contributed by atoms with Gasteiger partial charge in [0.1, 0.15) is 0 Å². The van der Waals surface area contributed by atoms with Crippen LogP contribution in [0.4, 0.5) is 0 Å². The lowest BCUT2D eigenvalue weighted by Gasteiger charge is -2.16. The van der Waals surface area contributed by atoms with E-state index in [0.717, 1.165) is 0 Å². The summed E-state index contributed by atoms with van der Waals surface area (Å²) in [7, 11) is -2.01. The lowest BCUT2D eigenvalue weighted by atomic mass is 10.4. The van der Waals surface area contributed by atoms with Gasteiger partial charge in [0.2, 0.25) is 0 Å². The third-order valence-electron chi connectivity index (χ3n) is 1.51. The molecule has 0 saturated heterocycles. The fourth-order valence-electron chi connectivity index (χ4n) is 0.965. The molecular weight excluding hydrogens is 219 g/mol. The summed E-state index contributed by atoms with van der Waals surface area (Å²) in [6.45, 7) is 7.38. The smallest absolute Gasteiger partial charge is 0.335 e. The minimum atomic E-state index is -3.24. The summed E-state index contributed by atoms with van der Waals surface area (Å²) in [5.74, 6) is -0.602. The van der Waals surface area contributed by atoms with Crippen LogP contribution < -0.4 is 0 Å². The second kappa shape index (κ2) is 6.77. The van der Waals surface area contributed by atoms with Gasteiger partial charge in [-0.15, -0.1) is 0 Å². The van der Waals surface area contributed by atoms with Crippen molar-refractivity contribution in [3.8, 4) is 0 Å². The van der Waals surface area contributed by atoms with Gasteiger partial charge in [0.25, 0.3) is 0 Å². The number of hydrogen-bond acceptors (Lipinski definition) is 5. The van der Waals surface area contributed by atoms with Crippen molar-refractivity contribution in [2.75, 3.05) is 26.5 Å². The molecule has 6 heteroatoms. The van der Waals surface area contributed by atoms with E-state index in [-0.39, 0.29) is 24.9 Å². The minimum Gasteiger partial charge on any atom is -0.466 e. The molecule has 0 N–H and O–H groups in total. The van der Waals surface area contributed by atoms with Gasteiger partial charge in [-0.25, -0.2) is 4.79 Å². The first kappa shape index (κ1) is 14.4. The molecule has 0 aromatic carbocycles. The average molecular weight is 236 g/mol. The normalized spacial score (nSPS) is 11.1. The number of carbonyl (C=O) groups excluding carboxylic acids is 1. The highest BCUT2D eigenvalue weighted by atomic mass is 31.2. The van der Waals surface area contributed by atoms with Crippen LogP contribution in [0.5, 0.6) is 0 Å². The van der Waals surface area contributed by atoms with Crippen molar-refractivity contribution >= 4 is 13.6 Å². The molecule has 0 aliphatic carbocycles. The van der Waals surface area contributed by atoms with E-state index in [4.69, 9.17) is 9.05 Å². The van der Waals surface area contributed by atoms with Crippen LogP contribution in [0, 0.1) is 0 Å². The lowest BCUT2D eigenvalue weighted by molar-refractivity contribution is -0.136. The summed E-state index contributed by atoms with van der Waals surface area (Å²) in [6.07, 6.45) is -0.138. The Bertz CT molecular complexity index is 264. The molecule has 0 radical (unpaired) electrons. The van der Waals surface area contributed by atoms with Crippen LogP contribution in [0.25, 0.3) is 0 Å². The maximum atomic E-state index is 11.9. The summed E-state index contributed by atoms with van der Waals surface area (Å²) in [4.78, 5) is 11.0. The molecule has 0 heterocycles. The zero-order chi connectivity index (χ0) is 11.9. The fraction of sp³-hybridized carbons (Fsp3) is 0.667. The highest BCUT2D eigenvalue weighted by Crippen LogP contribution is 2.49. The van der Waals surface area contributed by atoms with Crippen molar-refractivity contribution in [3.63, 3.8) is 0 Å². The van der Waals surface area contributed by atoms with Crippen LogP contribution in [-0.4, -0.2) is 32.5 Å². The van der Waals surface area contributed by atoms with E-state index < -0.39 is 13.6 Å². The molecule has 0 aromatic heterocycles. The van der Waals surface area contributed by atoms with Crippen molar-refractivity contribution in [1.82, 2.24) is 0 Å². The molecule has 0 aromatic rings. The van der Waals surface area contributed by atoms with E-state index in [9.17, 15) is 9.36 Å². The van der Waals surface area contributed by atoms with Crippen molar-refractivity contribution < 1.29 is 23.1 Å². The third kappa shape index (κ3) is 5.11. The maximum Gasteiger partial charge on any atom is 0.335 e. The first-order valence-corrected chi connectivity index (χ1v) is 6.36. The Morgan fingerprint density at radius 2 is 1.73 bits per heavy atom. The van der Waals surface area contributed by atoms with Gasteiger partial charge < -0.3 is 13.8 Å². The first-order valence-electron chi connectivity index (χ1n) is 4.63. The Balaban J connectivity index is 4.47. The van der Waals surface area contributed by atoms with E-state index in [1.54, 1.807) is 13.8 Å². The molecular formula is C9H17O5P. The molecule has 0 spiro atoms. The van der Waals surface area contributed by atoms with E-state index >= 15 is 0 Å². The molecule has 88 valence electrons. The molecule has 0 aliphatic heterocycles. The largest absolute Gasteiger partial charge is 0.466 e. The molecule has 0 bridgehead atoms. The number of esters is 1. The van der Waals surface area contributed by atoms with Gasteiger partial charge >= 0.3 is 13.6 Å². The van der Waals surface area contributed by atoms with E-state index in [2.05, 4.69) is 11.3 Å². The molecule has 0 amide bonds. The van der Waals surface area contributed by atoms with Gasteiger partial charge in [-0.2, -0.15) is 0 Å². The predicted molar refractivity (Wildman–Crippen MR) is 56.9 cm³/mol. The molecule has 0 unspecified atom stereocenters. The number of carbonyl (C=O) groups is 1. The standard InChI is InChI=1S/C9H17O5P/c1-5-13-15(11,14-6-2)7-8(3)9(10)12-4/h3,5-7H2,1-2,4H3. The molecule has 0 saturated carbocycles. The zero-order valence-electron chi connectivity index (χ0n) is 9.32.